The van der Waals surface area contributed by atoms with Crippen LogP contribution in [0.3, 0.4) is 0 Å². The van der Waals surface area contributed by atoms with E-state index in [1.54, 1.807) is 0 Å². The van der Waals surface area contributed by atoms with Gasteiger partial charge in [0.25, 0.3) is 0 Å². The number of aliphatic hydroxyl groups excluding tert-OH is 1. The molecule has 0 amide bonds. The van der Waals surface area contributed by atoms with Gasteiger partial charge < -0.3 is 5.11 Å². The number of nitrogens with zero attached hydrogens (tertiary/aromatic N) is 1. The summed E-state index contributed by atoms with van der Waals surface area (Å²) in [5, 5.41) is 9.29. The molecule has 1 aliphatic rings. The maximum atomic E-state index is 13.5. The second-order valence-electron chi connectivity index (χ2n) is 4.33. The molecule has 2 rings (SSSR count). The van der Waals surface area contributed by atoms with Gasteiger partial charge in [-0.15, -0.1) is 0 Å². The first-order valence-electron chi connectivity index (χ1n) is 5.65. The van der Waals surface area contributed by atoms with E-state index >= 15 is 0 Å². The number of aliphatic hydroxyl groups is 1. The number of sulfonamides is 1. The molecular formula is C11H12F3NO3S. The van der Waals surface area contributed by atoms with Gasteiger partial charge in [0.1, 0.15) is 17.5 Å². The van der Waals surface area contributed by atoms with Crippen LogP contribution in [0, 0.1) is 17.5 Å². The Balaban J connectivity index is 2.40. The minimum absolute atomic E-state index is 0.0280. The third kappa shape index (κ3) is 2.75. The lowest BCUT2D eigenvalue weighted by atomic mass is 10.1. The van der Waals surface area contributed by atoms with Gasteiger partial charge in [0.2, 0.25) is 10.0 Å². The summed E-state index contributed by atoms with van der Waals surface area (Å²) in [6.07, 6.45) is -0.220. The predicted octanol–water partition coefficient (Wildman–Crippen LogP) is 1.25. The molecule has 19 heavy (non-hydrogen) atoms. The molecule has 0 unspecified atom stereocenters. The van der Waals surface area contributed by atoms with Crippen LogP contribution in [0.5, 0.6) is 0 Å². The molecule has 4 nitrogen and oxygen atoms in total. The monoisotopic (exact) mass is 295 g/mol. The van der Waals surface area contributed by atoms with Gasteiger partial charge in [-0.2, -0.15) is 4.31 Å². The van der Waals surface area contributed by atoms with Gasteiger partial charge >= 0.3 is 0 Å². The number of halogens is 3. The van der Waals surface area contributed by atoms with E-state index in [0.717, 1.165) is 4.31 Å². The lowest BCUT2D eigenvalue weighted by Crippen LogP contribution is -2.40. The maximum Gasteiger partial charge on any atom is 0.248 e. The zero-order valence-corrected chi connectivity index (χ0v) is 10.6. The largest absolute Gasteiger partial charge is 0.393 e. The van der Waals surface area contributed by atoms with Gasteiger partial charge in [-0.05, 0) is 12.8 Å². The van der Waals surface area contributed by atoms with Gasteiger partial charge in [-0.25, -0.2) is 21.6 Å². The van der Waals surface area contributed by atoms with E-state index in [-0.39, 0.29) is 25.9 Å². The molecule has 0 saturated carbocycles. The topological polar surface area (TPSA) is 57.6 Å². The van der Waals surface area contributed by atoms with Gasteiger partial charge in [-0.3, -0.25) is 0 Å². The predicted molar refractivity (Wildman–Crippen MR) is 60.3 cm³/mol. The lowest BCUT2D eigenvalue weighted by molar-refractivity contribution is 0.113. The summed E-state index contributed by atoms with van der Waals surface area (Å²) in [5.41, 5.74) is 0. The normalized spacial score (nSPS) is 18.7. The molecule has 0 atom stereocenters. The maximum absolute atomic E-state index is 13.5. The minimum Gasteiger partial charge on any atom is -0.393 e. The minimum atomic E-state index is -4.36. The number of benzene rings is 1. The summed E-state index contributed by atoms with van der Waals surface area (Å²) in [6.45, 7) is -0.0560. The summed E-state index contributed by atoms with van der Waals surface area (Å²) in [4.78, 5) is -1.15. The second-order valence-corrected chi connectivity index (χ2v) is 6.21. The van der Waals surface area contributed by atoms with Crippen molar-refractivity contribution >= 4 is 10.0 Å². The fourth-order valence-electron chi connectivity index (χ4n) is 1.99. The summed E-state index contributed by atoms with van der Waals surface area (Å²) in [6, 6.07) is 0.656. The highest BCUT2D eigenvalue weighted by Crippen LogP contribution is 2.26. The average Bonchev–Trinajstić information content (AvgIpc) is 2.27. The first-order chi connectivity index (χ1) is 8.82. The van der Waals surface area contributed by atoms with E-state index in [2.05, 4.69) is 0 Å². The third-order valence-electron chi connectivity index (χ3n) is 2.98. The van der Waals surface area contributed by atoms with E-state index in [4.69, 9.17) is 0 Å². The number of hydrogen-bond donors (Lipinski definition) is 1. The summed E-state index contributed by atoms with van der Waals surface area (Å²) in [7, 11) is -4.36. The van der Waals surface area contributed by atoms with E-state index in [1.807, 2.05) is 0 Å². The molecule has 0 aliphatic carbocycles. The molecule has 0 bridgehead atoms. The van der Waals surface area contributed by atoms with Crippen molar-refractivity contribution in [3.05, 3.63) is 29.6 Å². The Hall–Kier alpha value is -1.12. The molecule has 1 heterocycles. The molecule has 1 saturated heterocycles. The molecule has 1 aromatic carbocycles. The Bertz CT molecular complexity index is 560. The van der Waals surface area contributed by atoms with Crippen LogP contribution >= 0.6 is 0 Å². The van der Waals surface area contributed by atoms with Crippen molar-refractivity contribution in [3.63, 3.8) is 0 Å². The van der Waals surface area contributed by atoms with E-state index < -0.39 is 38.5 Å². The molecule has 1 fully saturated rings. The molecule has 0 radical (unpaired) electrons. The molecule has 1 aliphatic heterocycles. The Labute approximate surface area is 108 Å². The fraction of sp³-hybridized carbons (Fsp3) is 0.455. The third-order valence-corrected chi connectivity index (χ3v) is 4.94. The van der Waals surface area contributed by atoms with Crippen LogP contribution in [0.1, 0.15) is 12.8 Å². The smallest absolute Gasteiger partial charge is 0.248 e. The van der Waals surface area contributed by atoms with Crippen molar-refractivity contribution < 1.29 is 26.7 Å². The van der Waals surface area contributed by atoms with E-state index in [1.165, 1.54) is 0 Å². The molecule has 106 valence electrons. The molecule has 1 N–H and O–H groups in total. The van der Waals surface area contributed by atoms with Crippen molar-refractivity contribution in [3.8, 4) is 0 Å². The summed E-state index contributed by atoms with van der Waals surface area (Å²) >= 11 is 0. The fourth-order valence-corrected chi connectivity index (χ4v) is 3.55. The van der Waals surface area contributed by atoms with Crippen molar-refractivity contribution in [2.75, 3.05) is 13.1 Å². The van der Waals surface area contributed by atoms with E-state index in [9.17, 15) is 26.7 Å². The first-order valence-corrected chi connectivity index (χ1v) is 7.09. The van der Waals surface area contributed by atoms with Crippen LogP contribution in [0.15, 0.2) is 17.0 Å². The molecule has 0 aromatic heterocycles. The quantitative estimate of drug-likeness (QED) is 0.893. The first kappa shape index (κ1) is 14.3. The molecule has 8 heteroatoms. The van der Waals surface area contributed by atoms with Gasteiger partial charge in [0.05, 0.1) is 6.10 Å². The van der Waals surface area contributed by atoms with Crippen molar-refractivity contribution in [2.45, 2.75) is 23.8 Å². The van der Waals surface area contributed by atoms with Gasteiger partial charge in [0, 0.05) is 25.2 Å². The highest BCUT2D eigenvalue weighted by Gasteiger charge is 2.33. The second kappa shape index (κ2) is 5.10. The van der Waals surface area contributed by atoms with Crippen LogP contribution in [0.4, 0.5) is 13.2 Å². The SMILES string of the molecule is O=S(=O)(c1c(F)cc(F)cc1F)N1CCC(O)CC1. The molecule has 0 spiro atoms. The lowest BCUT2D eigenvalue weighted by Gasteiger charge is -2.28. The van der Waals surface area contributed by atoms with Crippen LogP contribution in [0.2, 0.25) is 0 Å². The van der Waals surface area contributed by atoms with Crippen molar-refractivity contribution in [1.82, 2.24) is 4.31 Å². The highest BCUT2D eigenvalue weighted by molar-refractivity contribution is 7.89. The highest BCUT2D eigenvalue weighted by atomic mass is 32.2. The Morgan fingerprint density at radius 3 is 2.05 bits per heavy atom. The Morgan fingerprint density at radius 1 is 1.11 bits per heavy atom. The summed E-state index contributed by atoms with van der Waals surface area (Å²) < 4.78 is 64.8. The molecule has 1 aromatic rings. The van der Waals surface area contributed by atoms with Crippen LogP contribution in [-0.2, 0) is 10.0 Å². The van der Waals surface area contributed by atoms with Crippen LogP contribution < -0.4 is 0 Å². The summed E-state index contributed by atoms with van der Waals surface area (Å²) in [5.74, 6) is -4.09. The van der Waals surface area contributed by atoms with Crippen LogP contribution in [0.25, 0.3) is 0 Å². The van der Waals surface area contributed by atoms with Crippen molar-refractivity contribution in [1.29, 1.82) is 0 Å². The van der Waals surface area contributed by atoms with E-state index in [0.29, 0.717) is 12.1 Å². The Morgan fingerprint density at radius 2 is 1.58 bits per heavy atom. The number of hydrogen-bond acceptors (Lipinski definition) is 3. The zero-order chi connectivity index (χ0) is 14.2. The standard InChI is InChI=1S/C11H12F3NO3S/c12-7-5-9(13)11(10(14)6-7)19(17,18)15-3-1-8(16)2-4-15/h5-6,8,16H,1-4H2. The Kier molecular flexibility index (Phi) is 3.84. The number of rotatable bonds is 2. The number of piperidine rings is 1. The van der Waals surface area contributed by atoms with Crippen molar-refractivity contribution in [2.24, 2.45) is 0 Å². The van der Waals surface area contributed by atoms with Crippen LogP contribution in [-0.4, -0.2) is 37.0 Å². The average molecular weight is 295 g/mol. The van der Waals surface area contributed by atoms with Gasteiger partial charge in [-0.1, -0.05) is 0 Å². The molecular weight excluding hydrogens is 283 g/mol. The van der Waals surface area contributed by atoms with Gasteiger partial charge in [0.15, 0.2) is 4.90 Å². The zero-order valence-electron chi connectivity index (χ0n) is 9.81.